The first-order chi connectivity index (χ1) is 9.90. The standard InChI is InChI=1S/C15H18ClNO4/c1-9-3-4-12(16)13(7-9)21-8-14(18)17-6-5-11(10(17)2)15(19)20/h3-4,7,10-11H,5-6,8H2,1-2H3,(H,19,20). The van der Waals surface area contributed by atoms with Crippen molar-refractivity contribution in [1.82, 2.24) is 4.90 Å². The Morgan fingerprint density at radius 3 is 2.81 bits per heavy atom. The minimum atomic E-state index is -0.861. The van der Waals surface area contributed by atoms with Gasteiger partial charge in [-0.2, -0.15) is 0 Å². The van der Waals surface area contributed by atoms with E-state index >= 15 is 0 Å². The summed E-state index contributed by atoms with van der Waals surface area (Å²) in [5.74, 6) is -1.12. The molecule has 2 rings (SSSR count). The zero-order chi connectivity index (χ0) is 15.6. The number of hydrogen-bond donors (Lipinski definition) is 1. The van der Waals surface area contributed by atoms with Crippen molar-refractivity contribution in [2.24, 2.45) is 5.92 Å². The predicted molar refractivity (Wildman–Crippen MR) is 78.6 cm³/mol. The lowest BCUT2D eigenvalue weighted by Gasteiger charge is -2.23. The van der Waals surface area contributed by atoms with Crippen molar-refractivity contribution in [3.63, 3.8) is 0 Å². The molecule has 1 heterocycles. The van der Waals surface area contributed by atoms with Gasteiger partial charge in [-0.3, -0.25) is 9.59 Å². The molecule has 21 heavy (non-hydrogen) atoms. The van der Waals surface area contributed by atoms with Crippen LogP contribution in [0.1, 0.15) is 18.9 Å². The van der Waals surface area contributed by atoms with E-state index in [2.05, 4.69) is 0 Å². The third kappa shape index (κ3) is 3.47. The molecule has 1 aliphatic heterocycles. The van der Waals surface area contributed by atoms with E-state index in [1.54, 1.807) is 24.0 Å². The van der Waals surface area contributed by atoms with E-state index in [-0.39, 0.29) is 18.6 Å². The third-order valence-corrected chi connectivity index (χ3v) is 4.14. The Bertz CT molecular complexity index is 561. The van der Waals surface area contributed by atoms with Gasteiger partial charge in [0.15, 0.2) is 6.61 Å². The molecule has 2 unspecified atom stereocenters. The molecule has 6 heteroatoms. The van der Waals surface area contributed by atoms with Gasteiger partial charge in [-0.05, 0) is 38.0 Å². The smallest absolute Gasteiger partial charge is 0.308 e. The van der Waals surface area contributed by atoms with Gasteiger partial charge in [0, 0.05) is 12.6 Å². The van der Waals surface area contributed by atoms with Crippen molar-refractivity contribution >= 4 is 23.5 Å². The molecule has 1 aromatic carbocycles. The first kappa shape index (κ1) is 15.6. The van der Waals surface area contributed by atoms with Crippen molar-refractivity contribution < 1.29 is 19.4 Å². The summed E-state index contributed by atoms with van der Waals surface area (Å²) in [5, 5.41) is 9.52. The van der Waals surface area contributed by atoms with Crippen LogP contribution in [0, 0.1) is 12.8 Å². The molecule has 2 atom stereocenters. The van der Waals surface area contributed by atoms with Crippen LogP contribution >= 0.6 is 11.6 Å². The van der Waals surface area contributed by atoms with Crippen LogP contribution in [-0.4, -0.2) is 41.1 Å². The summed E-state index contributed by atoms with van der Waals surface area (Å²) in [6.45, 7) is 3.97. The van der Waals surface area contributed by atoms with Crippen molar-refractivity contribution in [3.05, 3.63) is 28.8 Å². The van der Waals surface area contributed by atoms with Gasteiger partial charge in [-0.25, -0.2) is 0 Å². The van der Waals surface area contributed by atoms with E-state index in [0.717, 1.165) is 5.56 Å². The molecule has 0 saturated carbocycles. The number of halogens is 1. The number of hydrogen-bond acceptors (Lipinski definition) is 3. The highest BCUT2D eigenvalue weighted by atomic mass is 35.5. The number of aliphatic carboxylic acids is 1. The molecule has 1 aliphatic rings. The normalized spacial score (nSPS) is 21.4. The Morgan fingerprint density at radius 2 is 2.19 bits per heavy atom. The lowest BCUT2D eigenvalue weighted by atomic mass is 10.0. The average Bonchev–Trinajstić information content (AvgIpc) is 2.81. The minimum Gasteiger partial charge on any atom is -0.482 e. The fourth-order valence-corrected chi connectivity index (χ4v) is 2.74. The number of carbonyl (C=O) groups is 2. The highest BCUT2D eigenvalue weighted by molar-refractivity contribution is 6.32. The molecule has 1 fully saturated rings. The first-order valence-corrected chi connectivity index (χ1v) is 7.19. The van der Waals surface area contributed by atoms with E-state index in [4.69, 9.17) is 21.4 Å². The zero-order valence-electron chi connectivity index (χ0n) is 12.0. The molecule has 114 valence electrons. The van der Waals surface area contributed by atoms with Crippen LogP contribution in [-0.2, 0) is 9.59 Å². The number of carboxylic acids is 1. The van der Waals surface area contributed by atoms with Crippen molar-refractivity contribution in [1.29, 1.82) is 0 Å². The molecule has 1 aromatic rings. The van der Waals surface area contributed by atoms with E-state index < -0.39 is 11.9 Å². The summed E-state index contributed by atoms with van der Waals surface area (Å²) >= 11 is 6.01. The molecule has 0 aliphatic carbocycles. The number of rotatable bonds is 4. The quantitative estimate of drug-likeness (QED) is 0.927. The van der Waals surface area contributed by atoms with Crippen LogP contribution in [0.5, 0.6) is 5.75 Å². The topological polar surface area (TPSA) is 66.8 Å². The Labute approximate surface area is 128 Å². The monoisotopic (exact) mass is 311 g/mol. The molecular weight excluding hydrogens is 294 g/mol. The fourth-order valence-electron chi connectivity index (χ4n) is 2.57. The zero-order valence-corrected chi connectivity index (χ0v) is 12.8. The summed E-state index contributed by atoms with van der Waals surface area (Å²) < 4.78 is 5.47. The third-order valence-electron chi connectivity index (χ3n) is 3.83. The maximum absolute atomic E-state index is 12.2. The van der Waals surface area contributed by atoms with Crippen LogP contribution < -0.4 is 4.74 Å². The van der Waals surface area contributed by atoms with Crippen LogP contribution in [0.3, 0.4) is 0 Å². The van der Waals surface area contributed by atoms with Gasteiger partial charge in [-0.1, -0.05) is 17.7 Å². The molecule has 0 aromatic heterocycles. The summed E-state index contributed by atoms with van der Waals surface area (Å²) in [5.41, 5.74) is 0.988. The summed E-state index contributed by atoms with van der Waals surface area (Å²) in [7, 11) is 0. The van der Waals surface area contributed by atoms with Gasteiger partial charge >= 0.3 is 5.97 Å². The van der Waals surface area contributed by atoms with Gasteiger partial charge in [0.2, 0.25) is 0 Å². The molecule has 0 spiro atoms. The number of likely N-dealkylation sites (tertiary alicyclic amines) is 1. The summed E-state index contributed by atoms with van der Waals surface area (Å²) in [6.07, 6.45) is 0.480. The maximum Gasteiger partial charge on any atom is 0.308 e. The second kappa shape index (κ2) is 6.35. The van der Waals surface area contributed by atoms with Crippen LogP contribution in [0.25, 0.3) is 0 Å². The predicted octanol–water partition coefficient (Wildman–Crippen LogP) is 2.35. The lowest BCUT2D eigenvalue weighted by molar-refractivity contribution is -0.143. The number of carboxylic acid groups (broad SMARTS) is 1. The van der Waals surface area contributed by atoms with Crippen molar-refractivity contribution in [2.75, 3.05) is 13.2 Å². The average molecular weight is 312 g/mol. The molecule has 0 radical (unpaired) electrons. The van der Waals surface area contributed by atoms with E-state index in [1.807, 2.05) is 13.0 Å². The number of carbonyl (C=O) groups excluding carboxylic acids is 1. The van der Waals surface area contributed by atoms with Crippen LogP contribution in [0.15, 0.2) is 18.2 Å². The molecule has 1 N–H and O–H groups in total. The second-order valence-corrected chi connectivity index (χ2v) is 5.69. The molecular formula is C15H18ClNO4. The molecule has 1 amide bonds. The van der Waals surface area contributed by atoms with Crippen LogP contribution in [0.2, 0.25) is 5.02 Å². The van der Waals surface area contributed by atoms with Gasteiger partial charge in [0.25, 0.3) is 5.91 Å². The number of benzene rings is 1. The Kier molecular flexibility index (Phi) is 4.73. The second-order valence-electron chi connectivity index (χ2n) is 5.28. The Balaban J connectivity index is 1.96. The van der Waals surface area contributed by atoms with Crippen molar-refractivity contribution in [3.8, 4) is 5.75 Å². The van der Waals surface area contributed by atoms with E-state index in [0.29, 0.717) is 23.7 Å². The summed E-state index contributed by atoms with van der Waals surface area (Å²) in [4.78, 5) is 24.8. The fraction of sp³-hybridized carbons (Fsp3) is 0.467. The van der Waals surface area contributed by atoms with E-state index in [9.17, 15) is 9.59 Å². The number of aryl methyl sites for hydroxylation is 1. The SMILES string of the molecule is Cc1ccc(Cl)c(OCC(=O)N2CCC(C(=O)O)C2C)c1. The number of amides is 1. The van der Waals surface area contributed by atoms with E-state index in [1.165, 1.54) is 0 Å². The molecule has 0 bridgehead atoms. The lowest BCUT2D eigenvalue weighted by Crippen LogP contribution is -2.40. The number of ether oxygens (including phenoxy) is 1. The Hall–Kier alpha value is -1.75. The maximum atomic E-state index is 12.2. The highest BCUT2D eigenvalue weighted by Crippen LogP contribution is 2.27. The van der Waals surface area contributed by atoms with Gasteiger partial charge < -0.3 is 14.7 Å². The minimum absolute atomic E-state index is 0.139. The van der Waals surface area contributed by atoms with Gasteiger partial charge in [-0.15, -0.1) is 0 Å². The summed E-state index contributed by atoms with van der Waals surface area (Å²) in [6, 6.07) is 5.03. The molecule has 1 saturated heterocycles. The van der Waals surface area contributed by atoms with Gasteiger partial charge in [0.1, 0.15) is 5.75 Å². The highest BCUT2D eigenvalue weighted by Gasteiger charge is 2.38. The Morgan fingerprint density at radius 1 is 1.48 bits per heavy atom. The van der Waals surface area contributed by atoms with Gasteiger partial charge in [0.05, 0.1) is 10.9 Å². The number of nitrogens with zero attached hydrogens (tertiary/aromatic N) is 1. The van der Waals surface area contributed by atoms with Crippen LogP contribution in [0.4, 0.5) is 0 Å². The van der Waals surface area contributed by atoms with Crippen molar-refractivity contribution in [2.45, 2.75) is 26.3 Å². The largest absolute Gasteiger partial charge is 0.482 e. The first-order valence-electron chi connectivity index (χ1n) is 6.81. The molecule has 5 nitrogen and oxygen atoms in total.